The molecule has 0 aliphatic heterocycles. The number of rotatable bonds is 4. The number of hydrogen-bond donors (Lipinski definition) is 1. The fraction of sp³-hybridized carbons (Fsp3) is 0.500. The van der Waals surface area contributed by atoms with E-state index in [1.165, 1.54) is 29.7 Å². The Kier molecular flexibility index (Phi) is 3.49. The van der Waals surface area contributed by atoms with E-state index in [4.69, 9.17) is 0 Å². The van der Waals surface area contributed by atoms with Gasteiger partial charge in [0.2, 0.25) is 0 Å². The molecule has 1 N–H and O–H groups in total. The highest BCUT2D eigenvalue weighted by atomic mass is 32.2. The van der Waals surface area contributed by atoms with E-state index < -0.39 is 0 Å². The van der Waals surface area contributed by atoms with Crippen molar-refractivity contribution in [1.82, 2.24) is 5.32 Å². The number of fused-ring (bicyclic) bond motifs is 1. The number of nitrogens with one attached hydrogen (secondary N) is 1. The van der Waals surface area contributed by atoms with Gasteiger partial charge in [-0.3, -0.25) is 0 Å². The van der Waals surface area contributed by atoms with Gasteiger partial charge in [0.25, 0.3) is 0 Å². The van der Waals surface area contributed by atoms with Crippen molar-refractivity contribution in [1.29, 1.82) is 0 Å². The molecule has 0 spiro atoms. The Balaban J connectivity index is 1.86. The van der Waals surface area contributed by atoms with Crippen LogP contribution in [-0.2, 0) is 12.8 Å². The molecule has 1 aliphatic carbocycles. The van der Waals surface area contributed by atoms with Crippen molar-refractivity contribution in [2.45, 2.75) is 18.9 Å². The summed E-state index contributed by atoms with van der Waals surface area (Å²) in [6.45, 7) is 1.14. The summed E-state index contributed by atoms with van der Waals surface area (Å²) in [6.07, 6.45) is 4.58. The SMILES string of the molecule is CSCCNC1Cc2ccccc2C1. The largest absolute Gasteiger partial charge is 0.312 e. The number of benzene rings is 1. The maximum atomic E-state index is 3.61. The molecule has 0 amide bonds. The third kappa shape index (κ3) is 2.31. The monoisotopic (exact) mass is 207 g/mol. The topological polar surface area (TPSA) is 12.0 Å². The summed E-state index contributed by atoms with van der Waals surface area (Å²) in [4.78, 5) is 0. The summed E-state index contributed by atoms with van der Waals surface area (Å²) in [6, 6.07) is 9.48. The predicted octanol–water partition coefficient (Wildman–Crippen LogP) is 2.11. The van der Waals surface area contributed by atoms with Crippen molar-refractivity contribution in [3.8, 4) is 0 Å². The Morgan fingerprint density at radius 1 is 1.29 bits per heavy atom. The molecule has 0 fully saturated rings. The Bertz CT molecular complexity index is 273. The lowest BCUT2D eigenvalue weighted by molar-refractivity contribution is 0.554. The lowest BCUT2D eigenvalue weighted by Gasteiger charge is -2.10. The van der Waals surface area contributed by atoms with E-state index in [9.17, 15) is 0 Å². The first-order valence-electron chi connectivity index (χ1n) is 5.19. The van der Waals surface area contributed by atoms with Crippen LogP contribution >= 0.6 is 11.8 Å². The van der Waals surface area contributed by atoms with Crippen LogP contribution in [-0.4, -0.2) is 24.6 Å². The highest BCUT2D eigenvalue weighted by Crippen LogP contribution is 2.21. The minimum atomic E-state index is 0.680. The van der Waals surface area contributed by atoms with Gasteiger partial charge in [0.15, 0.2) is 0 Å². The van der Waals surface area contributed by atoms with Crippen molar-refractivity contribution >= 4 is 11.8 Å². The molecule has 1 aromatic rings. The molecule has 0 saturated heterocycles. The van der Waals surface area contributed by atoms with Crippen molar-refractivity contribution in [2.24, 2.45) is 0 Å². The minimum absolute atomic E-state index is 0.680. The van der Waals surface area contributed by atoms with E-state index in [0.29, 0.717) is 6.04 Å². The van der Waals surface area contributed by atoms with Gasteiger partial charge in [-0.15, -0.1) is 0 Å². The third-order valence-electron chi connectivity index (χ3n) is 2.79. The third-order valence-corrected chi connectivity index (χ3v) is 3.40. The molecule has 0 aromatic heterocycles. The first-order valence-corrected chi connectivity index (χ1v) is 6.58. The molecular formula is C12H17NS. The smallest absolute Gasteiger partial charge is 0.0148 e. The fourth-order valence-electron chi connectivity index (χ4n) is 2.07. The summed E-state index contributed by atoms with van der Waals surface area (Å²) in [5.41, 5.74) is 3.07. The molecule has 0 saturated carbocycles. The molecule has 0 unspecified atom stereocenters. The Labute approximate surface area is 90.3 Å². The summed E-state index contributed by atoms with van der Waals surface area (Å²) < 4.78 is 0. The quantitative estimate of drug-likeness (QED) is 0.759. The summed E-state index contributed by atoms with van der Waals surface area (Å²) in [7, 11) is 0. The Hall–Kier alpha value is -0.470. The second-order valence-corrected chi connectivity index (χ2v) is 4.81. The van der Waals surface area contributed by atoms with Gasteiger partial charge in [0, 0.05) is 18.3 Å². The molecule has 2 heteroatoms. The van der Waals surface area contributed by atoms with Gasteiger partial charge in [-0.05, 0) is 30.2 Å². The molecule has 0 heterocycles. The molecule has 76 valence electrons. The molecule has 2 rings (SSSR count). The molecule has 1 aromatic carbocycles. The van der Waals surface area contributed by atoms with Crippen LogP contribution in [0.4, 0.5) is 0 Å². The van der Waals surface area contributed by atoms with Gasteiger partial charge in [0.1, 0.15) is 0 Å². The zero-order valence-corrected chi connectivity index (χ0v) is 9.44. The van der Waals surface area contributed by atoms with Gasteiger partial charge in [-0.2, -0.15) is 11.8 Å². The predicted molar refractivity (Wildman–Crippen MR) is 64.0 cm³/mol. The van der Waals surface area contributed by atoms with Crippen LogP contribution in [0.25, 0.3) is 0 Å². The van der Waals surface area contributed by atoms with Crippen molar-refractivity contribution in [2.75, 3.05) is 18.6 Å². The molecule has 0 bridgehead atoms. The normalized spacial score (nSPS) is 15.8. The molecule has 0 radical (unpaired) electrons. The Morgan fingerprint density at radius 3 is 2.50 bits per heavy atom. The van der Waals surface area contributed by atoms with Crippen LogP contribution in [0.15, 0.2) is 24.3 Å². The average Bonchev–Trinajstić information content (AvgIpc) is 2.60. The van der Waals surface area contributed by atoms with Crippen LogP contribution in [0.3, 0.4) is 0 Å². The molecule has 14 heavy (non-hydrogen) atoms. The van der Waals surface area contributed by atoms with E-state index in [2.05, 4.69) is 35.8 Å². The van der Waals surface area contributed by atoms with Crippen molar-refractivity contribution < 1.29 is 0 Å². The van der Waals surface area contributed by atoms with Crippen LogP contribution < -0.4 is 5.32 Å². The molecule has 0 atom stereocenters. The maximum absolute atomic E-state index is 3.61. The maximum Gasteiger partial charge on any atom is 0.0148 e. The fourth-order valence-corrected chi connectivity index (χ4v) is 2.39. The van der Waals surface area contributed by atoms with Crippen molar-refractivity contribution in [3.63, 3.8) is 0 Å². The molecule has 1 aliphatic rings. The summed E-state index contributed by atoms with van der Waals surface area (Å²) in [5.74, 6) is 1.22. The highest BCUT2D eigenvalue weighted by Gasteiger charge is 2.19. The first kappa shape index (κ1) is 10.1. The lowest BCUT2D eigenvalue weighted by atomic mass is 10.1. The number of thioether (sulfide) groups is 1. The zero-order valence-electron chi connectivity index (χ0n) is 8.62. The van der Waals surface area contributed by atoms with Crippen LogP contribution in [0.2, 0.25) is 0 Å². The minimum Gasteiger partial charge on any atom is -0.312 e. The van der Waals surface area contributed by atoms with E-state index in [0.717, 1.165) is 6.54 Å². The highest BCUT2D eigenvalue weighted by molar-refractivity contribution is 7.98. The summed E-state index contributed by atoms with van der Waals surface area (Å²) >= 11 is 1.91. The van der Waals surface area contributed by atoms with E-state index >= 15 is 0 Å². The van der Waals surface area contributed by atoms with Crippen LogP contribution in [0, 0.1) is 0 Å². The van der Waals surface area contributed by atoms with Crippen molar-refractivity contribution in [3.05, 3.63) is 35.4 Å². The van der Waals surface area contributed by atoms with E-state index in [1.54, 1.807) is 0 Å². The first-order chi connectivity index (χ1) is 6.90. The Morgan fingerprint density at radius 2 is 1.93 bits per heavy atom. The standard InChI is InChI=1S/C12H17NS/c1-14-7-6-13-12-8-10-4-2-3-5-11(10)9-12/h2-5,12-13H,6-9H2,1H3. The van der Waals surface area contributed by atoms with Gasteiger partial charge in [-0.25, -0.2) is 0 Å². The van der Waals surface area contributed by atoms with Gasteiger partial charge >= 0.3 is 0 Å². The summed E-state index contributed by atoms with van der Waals surface area (Å²) in [5, 5.41) is 3.61. The molecule has 1 nitrogen and oxygen atoms in total. The van der Waals surface area contributed by atoms with Gasteiger partial charge in [-0.1, -0.05) is 24.3 Å². The van der Waals surface area contributed by atoms with E-state index in [1.807, 2.05) is 11.8 Å². The lowest BCUT2D eigenvalue weighted by Crippen LogP contribution is -2.31. The average molecular weight is 207 g/mol. The number of hydrogen-bond acceptors (Lipinski definition) is 2. The van der Waals surface area contributed by atoms with E-state index in [-0.39, 0.29) is 0 Å². The second kappa shape index (κ2) is 4.85. The zero-order chi connectivity index (χ0) is 9.80. The van der Waals surface area contributed by atoms with Gasteiger partial charge in [0.05, 0.1) is 0 Å². The second-order valence-electron chi connectivity index (χ2n) is 3.82. The molecular weight excluding hydrogens is 190 g/mol. The van der Waals surface area contributed by atoms with Gasteiger partial charge < -0.3 is 5.32 Å². The van der Waals surface area contributed by atoms with Crippen LogP contribution in [0.1, 0.15) is 11.1 Å². The van der Waals surface area contributed by atoms with Crippen LogP contribution in [0.5, 0.6) is 0 Å².